The van der Waals surface area contributed by atoms with E-state index in [9.17, 15) is 14.7 Å². The van der Waals surface area contributed by atoms with Crippen LogP contribution in [-0.2, 0) is 10.5 Å². The lowest BCUT2D eigenvalue weighted by atomic mass is 10.1. The molecule has 2 rings (SSSR count). The largest absolute Gasteiger partial charge is 0.493 e. The zero-order valence-corrected chi connectivity index (χ0v) is 11.4. The third-order valence-corrected chi connectivity index (χ3v) is 3.37. The van der Waals surface area contributed by atoms with Crippen LogP contribution in [0.15, 0.2) is 40.3 Å². The van der Waals surface area contributed by atoms with E-state index < -0.39 is 11.5 Å². The average Bonchev–Trinajstić information content (AvgIpc) is 2.43. The van der Waals surface area contributed by atoms with E-state index in [-0.39, 0.29) is 5.88 Å². The number of aromatic nitrogens is 2. The first-order valence-electron chi connectivity index (χ1n) is 5.69. The van der Waals surface area contributed by atoms with Gasteiger partial charge in [0.05, 0.1) is 18.7 Å². The predicted octanol–water partition coefficient (Wildman–Crippen LogP) is 1.55. The number of methoxy groups -OCH3 is 1. The maximum absolute atomic E-state index is 11.4. The summed E-state index contributed by atoms with van der Waals surface area (Å²) in [6.07, 6.45) is 0. The van der Waals surface area contributed by atoms with Crippen LogP contribution in [0.25, 0.3) is 0 Å². The number of benzene rings is 1. The molecule has 0 unspecified atom stereocenters. The number of carbonyl (C=O) groups is 1. The number of H-pyrrole nitrogens is 1. The van der Waals surface area contributed by atoms with E-state index in [0.717, 1.165) is 11.6 Å². The van der Waals surface area contributed by atoms with Crippen molar-refractivity contribution in [1.29, 1.82) is 0 Å². The zero-order valence-electron chi connectivity index (χ0n) is 10.6. The standard InChI is InChI=1S/C13H12N2O4S/c1-19-12(18)9-4-2-3-8(5-9)7-20-13-14-10(16)6-11(17)15-13/h2-6H,7H2,1H3,(H2,14,15,16,17). The van der Waals surface area contributed by atoms with Gasteiger partial charge in [0, 0.05) is 5.75 Å². The second-order valence-electron chi connectivity index (χ2n) is 3.89. The molecule has 2 aromatic rings. The van der Waals surface area contributed by atoms with Crippen molar-refractivity contribution >= 4 is 17.7 Å². The molecule has 1 aromatic heterocycles. The first kappa shape index (κ1) is 14.1. The van der Waals surface area contributed by atoms with Crippen LogP contribution in [0.2, 0.25) is 0 Å². The van der Waals surface area contributed by atoms with E-state index in [2.05, 4.69) is 14.7 Å². The van der Waals surface area contributed by atoms with Gasteiger partial charge in [-0.25, -0.2) is 4.79 Å². The van der Waals surface area contributed by atoms with Crippen molar-refractivity contribution in [2.75, 3.05) is 7.11 Å². The third-order valence-electron chi connectivity index (χ3n) is 2.43. The monoisotopic (exact) mass is 292 g/mol. The van der Waals surface area contributed by atoms with Crippen molar-refractivity contribution in [3.05, 3.63) is 51.8 Å². The molecule has 1 aromatic carbocycles. The first-order valence-corrected chi connectivity index (χ1v) is 6.67. The van der Waals surface area contributed by atoms with Crippen LogP contribution in [0, 0.1) is 0 Å². The summed E-state index contributed by atoms with van der Waals surface area (Å²) in [6, 6.07) is 7.97. The number of ether oxygens (including phenoxy) is 1. The minimum Gasteiger partial charge on any atom is -0.493 e. The molecule has 0 saturated carbocycles. The van der Waals surface area contributed by atoms with Gasteiger partial charge < -0.3 is 14.8 Å². The van der Waals surface area contributed by atoms with Gasteiger partial charge in [-0.1, -0.05) is 23.9 Å². The van der Waals surface area contributed by atoms with Gasteiger partial charge >= 0.3 is 5.97 Å². The summed E-state index contributed by atoms with van der Waals surface area (Å²) in [6.45, 7) is 0. The van der Waals surface area contributed by atoms with Crippen molar-refractivity contribution in [1.82, 2.24) is 9.97 Å². The van der Waals surface area contributed by atoms with Crippen molar-refractivity contribution in [3.8, 4) is 5.88 Å². The Morgan fingerprint density at radius 1 is 1.45 bits per heavy atom. The number of esters is 1. The third kappa shape index (κ3) is 3.61. The highest BCUT2D eigenvalue weighted by Crippen LogP contribution is 2.20. The van der Waals surface area contributed by atoms with Crippen molar-refractivity contribution < 1.29 is 14.6 Å². The first-order chi connectivity index (χ1) is 9.58. The van der Waals surface area contributed by atoms with Gasteiger partial charge in [0.1, 0.15) is 0 Å². The van der Waals surface area contributed by atoms with E-state index in [1.54, 1.807) is 18.2 Å². The van der Waals surface area contributed by atoms with Gasteiger partial charge in [-0.3, -0.25) is 4.79 Å². The quantitative estimate of drug-likeness (QED) is 0.504. The summed E-state index contributed by atoms with van der Waals surface area (Å²) in [5.41, 5.74) is 0.926. The van der Waals surface area contributed by atoms with Crippen LogP contribution in [0.1, 0.15) is 15.9 Å². The Morgan fingerprint density at radius 3 is 2.95 bits per heavy atom. The number of hydrogen-bond donors (Lipinski definition) is 2. The van der Waals surface area contributed by atoms with Gasteiger partial charge in [-0.2, -0.15) is 4.98 Å². The summed E-state index contributed by atoms with van der Waals surface area (Å²) in [4.78, 5) is 28.9. The van der Waals surface area contributed by atoms with Crippen molar-refractivity contribution in [3.63, 3.8) is 0 Å². The van der Waals surface area contributed by atoms with E-state index in [1.165, 1.54) is 18.9 Å². The number of nitrogens with one attached hydrogen (secondary N) is 1. The lowest BCUT2D eigenvalue weighted by Crippen LogP contribution is -2.06. The Morgan fingerprint density at radius 2 is 2.25 bits per heavy atom. The topological polar surface area (TPSA) is 92.3 Å². The second kappa shape index (κ2) is 6.25. The SMILES string of the molecule is COC(=O)c1cccc(CSc2nc(O)cc(=O)[nH]2)c1. The fourth-order valence-electron chi connectivity index (χ4n) is 1.55. The normalized spacial score (nSPS) is 10.2. The molecule has 7 heteroatoms. The molecule has 0 fully saturated rings. The van der Waals surface area contributed by atoms with Crippen LogP contribution in [0.5, 0.6) is 5.88 Å². The summed E-state index contributed by atoms with van der Waals surface area (Å²) in [5, 5.41) is 9.55. The molecule has 104 valence electrons. The number of hydrogen-bond acceptors (Lipinski definition) is 6. The van der Waals surface area contributed by atoms with E-state index in [4.69, 9.17) is 0 Å². The molecule has 0 radical (unpaired) electrons. The minimum absolute atomic E-state index is 0.318. The Kier molecular flexibility index (Phi) is 4.41. The van der Waals surface area contributed by atoms with Crippen LogP contribution >= 0.6 is 11.8 Å². The fraction of sp³-hybridized carbons (Fsp3) is 0.154. The number of carbonyl (C=O) groups excluding carboxylic acids is 1. The van der Waals surface area contributed by atoms with Crippen LogP contribution in [0.4, 0.5) is 0 Å². The number of aromatic amines is 1. The van der Waals surface area contributed by atoms with Crippen LogP contribution in [-0.4, -0.2) is 28.2 Å². The molecule has 6 nitrogen and oxygen atoms in total. The van der Waals surface area contributed by atoms with Gasteiger partial charge in [0.25, 0.3) is 5.56 Å². The molecule has 0 atom stereocenters. The Balaban J connectivity index is 2.11. The van der Waals surface area contributed by atoms with Gasteiger partial charge in [0.15, 0.2) is 5.16 Å². The molecular weight excluding hydrogens is 280 g/mol. The summed E-state index contributed by atoms with van der Waals surface area (Å²) >= 11 is 1.25. The molecule has 1 heterocycles. The maximum Gasteiger partial charge on any atom is 0.337 e. The average molecular weight is 292 g/mol. The number of aromatic hydroxyl groups is 1. The summed E-state index contributed by atoms with van der Waals surface area (Å²) in [7, 11) is 1.32. The molecule has 0 aliphatic carbocycles. The number of thioether (sulfide) groups is 1. The molecule has 0 saturated heterocycles. The van der Waals surface area contributed by atoms with Gasteiger partial charge in [-0.05, 0) is 17.7 Å². The molecule has 0 amide bonds. The lowest BCUT2D eigenvalue weighted by Gasteiger charge is -2.04. The number of rotatable bonds is 4. The highest BCUT2D eigenvalue weighted by Gasteiger charge is 2.07. The molecular formula is C13H12N2O4S. The van der Waals surface area contributed by atoms with Gasteiger partial charge in [-0.15, -0.1) is 0 Å². The number of nitrogens with zero attached hydrogens (tertiary/aromatic N) is 1. The smallest absolute Gasteiger partial charge is 0.337 e. The Labute approximate surface area is 118 Å². The van der Waals surface area contributed by atoms with E-state index in [0.29, 0.717) is 16.5 Å². The predicted molar refractivity (Wildman–Crippen MR) is 73.9 cm³/mol. The lowest BCUT2D eigenvalue weighted by molar-refractivity contribution is 0.0600. The maximum atomic E-state index is 11.4. The summed E-state index contributed by atoms with van der Waals surface area (Å²) < 4.78 is 4.65. The van der Waals surface area contributed by atoms with Crippen LogP contribution < -0.4 is 5.56 Å². The fourth-order valence-corrected chi connectivity index (χ4v) is 2.36. The highest BCUT2D eigenvalue weighted by atomic mass is 32.2. The van der Waals surface area contributed by atoms with Gasteiger partial charge in [0.2, 0.25) is 5.88 Å². The minimum atomic E-state index is -0.414. The highest BCUT2D eigenvalue weighted by molar-refractivity contribution is 7.98. The molecule has 2 N–H and O–H groups in total. The van der Waals surface area contributed by atoms with E-state index >= 15 is 0 Å². The molecule has 0 bridgehead atoms. The molecule has 0 aliphatic heterocycles. The molecule has 0 spiro atoms. The molecule has 20 heavy (non-hydrogen) atoms. The van der Waals surface area contributed by atoms with E-state index in [1.807, 2.05) is 6.07 Å². The Bertz CT molecular complexity index is 684. The second-order valence-corrected chi connectivity index (χ2v) is 4.85. The van der Waals surface area contributed by atoms with Crippen LogP contribution in [0.3, 0.4) is 0 Å². The zero-order chi connectivity index (χ0) is 14.5. The van der Waals surface area contributed by atoms with Crippen molar-refractivity contribution in [2.24, 2.45) is 0 Å². The Hall–Kier alpha value is -2.28. The molecule has 0 aliphatic rings. The summed E-state index contributed by atoms with van der Waals surface area (Å²) in [5.74, 6) is -0.225. The van der Waals surface area contributed by atoms with Crippen molar-refractivity contribution in [2.45, 2.75) is 10.9 Å².